The van der Waals surface area contributed by atoms with Crippen LogP contribution in [0, 0.1) is 11.7 Å². The Hall–Kier alpha value is -2.53. The number of nitrogens with one attached hydrogen (secondary N) is 2. The average Bonchev–Trinajstić information content (AvgIpc) is 3.25. The van der Waals surface area contributed by atoms with Crippen LogP contribution in [0.5, 0.6) is 0 Å². The standard InChI is InChI=1S/C18H21FN4O4S2/c1-23(16(24)13-5-6-29(26,27)11-13)9-15-10-28-18(21-15)22-17(25)20-8-12-3-2-4-14(19)7-12/h2-4,7,10,13H,5-6,8-9,11H2,1H3,(H2,20,21,22,25). The second kappa shape index (κ2) is 8.87. The van der Waals surface area contributed by atoms with Gasteiger partial charge in [-0.2, -0.15) is 0 Å². The number of hydrogen-bond acceptors (Lipinski definition) is 6. The Morgan fingerprint density at radius 2 is 2.17 bits per heavy atom. The Bertz CT molecular complexity index is 1010. The van der Waals surface area contributed by atoms with E-state index in [9.17, 15) is 22.4 Å². The van der Waals surface area contributed by atoms with Crippen LogP contribution in [0.4, 0.5) is 14.3 Å². The van der Waals surface area contributed by atoms with Crippen molar-refractivity contribution >= 4 is 38.2 Å². The number of aromatic nitrogens is 1. The zero-order valence-electron chi connectivity index (χ0n) is 15.7. The molecule has 2 N–H and O–H groups in total. The number of thiazole rings is 1. The molecule has 0 bridgehead atoms. The molecule has 2 aromatic rings. The molecular weight excluding hydrogens is 419 g/mol. The first-order valence-electron chi connectivity index (χ1n) is 8.91. The number of anilines is 1. The maximum absolute atomic E-state index is 13.1. The van der Waals surface area contributed by atoms with Crippen LogP contribution in [0.25, 0.3) is 0 Å². The van der Waals surface area contributed by atoms with Gasteiger partial charge in [-0.25, -0.2) is 22.6 Å². The molecular formula is C18H21FN4O4S2. The van der Waals surface area contributed by atoms with Crippen LogP contribution in [0.1, 0.15) is 17.7 Å². The Balaban J connectivity index is 1.48. The van der Waals surface area contributed by atoms with Crippen LogP contribution in [-0.4, -0.2) is 48.8 Å². The summed E-state index contributed by atoms with van der Waals surface area (Å²) in [6.45, 7) is 0.391. The quantitative estimate of drug-likeness (QED) is 0.714. The highest BCUT2D eigenvalue weighted by atomic mass is 32.2. The van der Waals surface area contributed by atoms with E-state index < -0.39 is 21.8 Å². The van der Waals surface area contributed by atoms with Crippen molar-refractivity contribution in [2.75, 3.05) is 23.9 Å². The monoisotopic (exact) mass is 440 g/mol. The SMILES string of the molecule is CN(Cc1csc(NC(=O)NCc2cccc(F)c2)n1)C(=O)C1CCS(=O)(=O)C1. The summed E-state index contributed by atoms with van der Waals surface area (Å²) in [6.07, 6.45) is 0.348. The lowest BCUT2D eigenvalue weighted by Gasteiger charge is -2.19. The summed E-state index contributed by atoms with van der Waals surface area (Å²) in [6, 6.07) is 5.46. The van der Waals surface area contributed by atoms with Crippen LogP contribution < -0.4 is 10.6 Å². The highest BCUT2D eigenvalue weighted by Gasteiger charge is 2.34. The minimum atomic E-state index is -3.12. The maximum Gasteiger partial charge on any atom is 0.321 e. The molecule has 1 fully saturated rings. The summed E-state index contributed by atoms with van der Waals surface area (Å²) >= 11 is 1.21. The van der Waals surface area contributed by atoms with Gasteiger partial charge in [0.05, 0.1) is 29.7 Å². The second-order valence-corrected chi connectivity index (χ2v) is 9.96. The zero-order chi connectivity index (χ0) is 21.0. The van der Waals surface area contributed by atoms with Gasteiger partial charge in [-0.3, -0.25) is 10.1 Å². The van der Waals surface area contributed by atoms with E-state index in [4.69, 9.17) is 0 Å². The van der Waals surface area contributed by atoms with Crippen molar-refractivity contribution in [3.8, 4) is 0 Å². The second-order valence-electron chi connectivity index (χ2n) is 6.88. The van der Waals surface area contributed by atoms with E-state index in [1.54, 1.807) is 24.6 Å². The van der Waals surface area contributed by atoms with E-state index in [0.29, 0.717) is 22.8 Å². The summed E-state index contributed by atoms with van der Waals surface area (Å²) in [4.78, 5) is 30.1. The van der Waals surface area contributed by atoms with Gasteiger partial charge in [0, 0.05) is 19.0 Å². The molecule has 1 aliphatic heterocycles. The van der Waals surface area contributed by atoms with Crippen molar-refractivity contribution in [3.63, 3.8) is 0 Å². The normalized spacial score (nSPS) is 17.7. The third-order valence-electron chi connectivity index (χ3n) is 4.47. The Morgan fingerprint density at radius 1 is 1.38 bits per heavy atom. The van der Waals surface area contributed by atoms with Gasteiger partial charge in [-0.05, 0) is 24.1 Å². The number of carbonyl (C=O) groups excluding carboxylic acids is 2. The van der Waals surface area contributed by atoms with Gasteiger partial charge in [-0.15, -0.1) is 11.3 Å². The Kier molecular flexibility index (Phi) is 6.48. The predicted octanol–water partition coefficient (Wildman–Crippen LogP) is 2.00. The lowest BCUT2D eigenvalue weighted by Crippen LogP contribution is -2.33. The van der Waals surface area contributed by atoms with Crippen molar-refractivity contribution in [3.05, 3.63) is 46.7 Å². The van der Waals surface area contributed by atoms with Gasteiger partial charge in [0.25, 0.3) is 0 Å². The van der Waals surface area contributed by atoms with Crippen molar-refractivity contribution in [1.82, 2.24) is 15.2 Å². The molecule has 1 saturated heterocycles. The number of nitrogens with zero attached hydrogens (tertiary/aromatic N) is 2. The molecule has 1 unspecified atom stereocenters. The van der Waals surface area contributed by atoms with E-state index in [2.05, 4.69) is 15.6 Å². The van der Waals surface area contributed by atoms with E-state index >= 15 is 0 Å². The molecule has 29 heavy (non-hydrogen) atoms. The number of sulfone groups is 1. The summed E-state index contributed by atoms with van der Waals surface area (Å²) in [5, 5.41) is 7.29. The molecule has 8 nitrogen and oxygen atoms in total. The lowest BCUT2D eigenvalue weighted by atomic mass is 10.1. The first kappa shape index (κ1) is 21.2. The third-order valence-corrected chi connectivity index (χ3v) is 7.05. The molecule has 2 heterocycles. The van der Waals surface area contributed by atoms with E-state index in [1.165, 1.54) is 28.4 Å². The minimum absolute atomic E-state index is 0.0484. The lowest BCUT2D eigenvalue weighted by molar-refractivity contribution is -0.133. The highest BCUT2D eigenvalue weighted by Crippen LogP contribution is 2.22. The molecule has 1 aliphatic rings. The van der Waals surface area contributed by atoms with Crippen molar-refractivity contribution in [2.24, 2.45) is 5.92 Å². The zero-order valence-corrected chi connectivity index (χ0v) is 17.4. The summed E-state index contributed by atoms with van der Waals surface area (Å²) in [5.41, 5.74) is 1.22. The first-order chi connectivity index (χ1) is 13.7. The molecule has 0 saturated carbocycles. The number of carbonyl (C=O) groups is 2. The highest BCUT2D eigenvalue weighted by molar-refractivity contribution is 7.91. The smallest absolute Gasteiger partial charge is 0.321 e. The van der Waals surface area contributed by atoms with Gasteiger partial charge in [-0.1, -0.05) is 12.1 Å². The molecule has 3 rings (SSSR count). The predicted molar refractivity (Wildman–Crippen MR) is 108 cm³/mol. The van der Waals surface area contributed by atoms with Crippen molar-refractivity contribution < 1.29 is 22.4 Å². The average molecular weight is 441 g/mol. The minimum Gasteiger partial charge on any atom is -0.340 e. The number of urea groups is 1. The van der Waals surface area contributed by atoms with Gasteiger partial charge in [0.2, 0.25) is 5.91 Å². The van der Waals surface area contributed by atoms with Crippen molar-refractivity contribution in [2.45, 2.75) is 19.5 Å². The molecule has 1 atom stereocenters. The molecule has 0 spiro atoms. The number of halogens is 1. The van der Waals surface area contributed by atoms with Gasteiger partial charge in [0.1, 0.15) is 5.82 Å². The number of rotatable bonds is 6. The molecule has 1 aromatic carbocycles. The summed E-state index contributed by atoms with van der Waals surface area (Å²) < 4.78 is 36.2. The Labute approximate surface area is 172 Å². The fourth-order valence-corrected chi connectivity index (χ4v) is 5.46. The number of amides is 3. The fourth-order valence-electron chi connectivity index (χ4n) is 3.03. The fraction of sp³-hybridized carbons (Fsp3) is 0.389. The van der Waals surface area contributed by atoms with Gasteiger partial charge in [0.15, 0.2) is 15.0 Å². The molecule has 0 aliphatic carbocycles. The Morgan fingerprint density at radius 3 is 2.86 bits per heavy atom. The van der Waals surface area contributed by atoms with Crippen LogP contribution in [0.2, 0.25) is 0 Å². The largest absolute Gasteiger partial charge is 0.340 e. The molecule has 3 amide bonds. The van der Waals surface area contributed by atoms with Gasteiger partial charge < -0.3 is 10.2 Å². The molecule has 156 valence electrons. The van der Waals surface area contributed by atoms with Crippen LogP contribution in [0.3, 0.4) is 0 Å². The third kappa shape index (κ3) is 5.97. The molecule has 0 radical (unpaired) electrons. The van der Waals surface area contributed by atoms with Crippen molar-refractivity contribution in [1.29, 1.82) is 0 Å². The number of benzene rings is 1. The molecule has 11 heteroatoms. The molecule has 1 aromatic heterocycles. The topological polar surface area (TPSA) is 108 Å². The van der Waals surface area contributed by atoms with Crippen LogP contribution in [-0.2, 0) is 27.7 Å². The van der Waals surface area contributed by atoms with E-state index in [1.807, 2.05) is 0 Å². The van der Waals surface area contributed by atoms with Gasteiger partial charge >= 0.3 is 6.03 Å². The van der Waals surface area contributed by atoms with E-state index in [0.717, 1.165) is 0 Å². The van der Waals surface area contributed by atoms with Crippen LogP contribution >= 0.6 is 11.3 Å². The van der Waals surface area contributed by atoms with Crippen LogP contribution in [0.15, 0.2) is 29.6 Å². The maximum atomic E-state index is 13.1. The van der Waals surface area contributed by atoms with E-state index in [-0.39, 0.29) is 36.3 Å². The number of hydrogen-bond donors (Lipinski definition) is 2. The first-order valence-corrected chi connectivity index (χ1v) is 11.6. The summed E-state index contributed by atoms with van der Waals surface area (Å²) in [7, 11) is -1.52. The summed E-state index contributed by atoms with van der Waals surface area (Å²) in [5.74, 6) is -1.16.